The summed E-state index contributed by atoms with van der Waals surface area (Å²) in [5, 5.41) is 13.3. The van der Waals surface area contributed by atoms with Gasteiger partial charge in [0.1, 0.15) is 10.8 Å². The van der Waals surface area contributed by atoms with Gasteiger partial charge in [0.05, 0.1) is 16.5 Å². The van der Waals surface area contributed by atoms with Crippen LogP contribution in [0.15, 0.2) is 58.1 Å². The first-order valence-electron chi connectivity index (χ1n) is 8.82. The molecule has 0 saturated heterocycles. The largest absolute Gasteiger partial charge is 0.338 e. The van der Waals surface area contributed by atoms with E-state index in [2.05, 4.69) is 46.3 Å². The van der Waals surface area contributed by atoms with E-state index in [-0.39, 0.29) is 5.02 Å². The van der Waals surface area contributed by atoms with E-state index in [1.807, 2.05) is 18.2 Å². The molecule has 5 nitrogen and oxygen atoms in total. The van der Waals surface area contributed by atoms with Gasteiger partial charge in [-0.15, -0.1) is 10.2 Å². The van der Waals surface area contributed by atoms with Gasteiger partial charge in [-0.1, -0.05) is 40.7 Å². The number of hydrogen-bond acceptors (Lipinski definition) is 6. The third-order valence-electron chi connectivity index (χ3n) is 4.43. The van der Waals surface area contributed by atoms with Crippen LogP contribution in [0.5, 0.6) is 0 Å². The number of aromatic nitrogens is 4. The molecular weight excluding hydrogens is 411 g/mol. The Kier molecular flexibility index (Phi) is 5.60. The van der Waals surface area contributed by atoms with Gasteiger partial charge in [0, 0.05) is 11.1 Å². The minimum absolute atomic E-state index is 0.0517. The first kappa shape index (κ1) is 19.5. The van der Waals surface area contributed by atoms with Gasteiger partial charge in [-0.3, -0.25) is 0 Å². The van der Waals surface area contributed by atoms with E-state index in [9.17, 15) is 4.39 Å². The molecule has 146 valence electrons. The number of rotatable bonds is 5. The Bertz CT molecular complexity index is 1160. The second-order valence-corrected chi connectivity index (χ2v) is 7.89. The van der Waals surface area contributed by atoms with Crippen molar-refractivity contribution in [1.82, 2.24) is 20.3 Å². The third-order valence-corrected chi connectivity index (χ3v) is 5.64. The molecule has 0 amide bonds. The van der Waals surface area contributed by atoms with Crippen LogP contribution in [0, 0.1) is 19.7 Å². The van der Waals surface area contributed by atoms with Crippen LogP contribution in [0.2, 0.25) is 5.02 Å². The second-order valence-electron chi connectivity index (χ2n) is 6.49. The number of halogens is 2. The average molecular weight is 427 g/mol. The van der Waals surface area contributed by atoms with Gasteiger partial charge in [0.15, 0.2) is 0 Å². The monoisotopic (exact) mass is 426 g/mol. The van der Waals surface area contributed by atoms with Crippen LogP contribution in [0.4, 0.5) is 4.39 Å². The lowest BCUT2D eigenvalue weighted by molar-refractivity contribution is 0.391. The van der Waals surface area contributed by atoms with E-state index in [0.29, 0.717) is 23.0 Å². The van der Waals surface area contributed by atoms with Crippen molar-refractivity contribution < 1.29 is 8.91 Å². The molecule has 4 aromatic rings. The average Bonchev–Trinajstić information content (AvgIpc) is 3.20. The molecule has 2 aromatic carbocycles. The maximum Gasteiger partial charge on any atom is 0.237 e. The van der Waals surface area contributed by atoms with Gasteiger partial charge in [-0.05, 0) is 61.4 Å². The number of benzene rings is 2. The quantitative estimate of drug-likeness (QED) is 0.370. The van der Waals surface area contributed by atoms with Gasteiger partial charge in [0.25, 0.3) is 0 Å². The summed E-state index contributed by atoms with van der Waals surface area (Å²) in [6, 6.07) is 14.5. The first-order valence-corrected chi connectivity index (χ1v) is 10.2. The Hall–Kier alpha value is -2.77. The van der Waals surface area contributed by atoms with Crippen LogP contribution in [-0.4, -0.2) is 20.3 Å². The van der Waals surface area contributed by atoms with Gasteiger partial charge in [-0.2, -0.15) is 4.98 Å². The SMILES string of the molecule is Cc1ccc(-c2ccc(SCc3nc(-c4ccc(Cl)c(F)c4)no3)nn2)cc1C. The van der Waals surface area contributed by atoms with E-state index < -0.39 is 5.82 Å². The molecule has 4 rings (SSSR count). The predicted molar refractivity (Wildman–Crippen MR) is 111 cm³/mol. The van der Waals surface area contributed by atoms with Crippen molar-refractivity contribution in [3.8, 4) is 22.6 Å². The van der Waals surface area contributed by atoms with Crippen molar-refractivity contribution in [3.05, 3.63) is 76.4 Å². The molecule has 0 spiro atoms. The van der Waals surface area contributed by atoms with Crippen molar-refractivity contribution >= 4 is 23.4 Å². The summed E-state index contributed by atoms with van der Waals surface area (Å²) in [5.74, 6) is 0.637. The van der Waals surface area contributed by atoms with Gasteiger partial charge < -0.3 is 4.52 Å². The molecule has 29 heavy (non-hydrogen) atoms. The lowest BCUT2D eigenvalue weighted by Gasteiger charge is -2.05. The van der Waals surface area contributed by atoms with Crippen LogP contribution in [0.1, 0.15) is 17.0 Å². The van der Waals surface area contributed by atoms with Gasteiger partial charge >= 0.3 is 0 Å². The molecule has 0 bridgehead atoms. The molecule has 0 fully saturated rings. The lowest BCUT2D eigenvalue weighted by atomic mass is 10.0. The van der Waals surface area contributed by atoms with Crippen molar-refractivity contribution in [2.24, 2.45) is 0 Å². The summed E-state index contributed by atoms with van der Waals surface area (Å²) >= 11 is 7.13. The van der Waals surface area contributed by atoms with Crippen LogP contribution in [0.25, 0.3) is 22.6 Å². The summed E-state index contributed by atoms with van der Waals surface area (Å²) in [6.07, 6.45) is 0. The van der Waals surface area contributed by atoms with Crippen LogP contribution in [0.3, 0.4) is 0 Å². The fourth-order valence-corrected chi connectivity index (χ4v) is 3.42. The Labute approximate surface area is 176 Å². The number of aryl methyl sites for hydroxylation is 2. The molecule has 0 aliphatic heterocycles. The molecule has 0 N–H and O–H groups in total. The highest BCUT2D eigenvalue weighted by molar-refractivity contribution is 7.98. The zero-order chi connectivity index (χ0) is 20.4. The van der Waals surface area contributed by atoms with E-state index in [4.69, 9.17) is 16.1 Å². The third kappa shape index (κ3) is 4.46. The van der Waals surface area contributed by atoms with Gasteiger partial charge in [0.2, 0.25) is 11.7 Å². The van der Waals surface area contributed by atoms with E-state index in [0.717, 1.165) is 16.3 Å². The van der Waals surface area contributed by atoms with Crippen LogP contribution >= 0.6 is 23.4 Å². The summed E-state index contributed by atoms with van der Waals surface area (Å²) in [4.78, 5) is 4.29. The molecule has 2 heterocycles. The fraction of sp³-hybridized carbons (Fsp3) is 0.143. The fourth-order valence-electron chi connectivity index (χ4n) is 2.65. The number of thioether (sulfide) groups is 1. The maximum absolute atomic E-state index is 13.6. The van der Waals surface area contributed by atoms with Crippen LogP contribution < -0.4 is 0 Å². The highest BCUT2D eigenvalue weighted by Crippen LogP contribution is 2.26. The molecule has 0 radical (unpaired) electrons. The topological polar surface area (TPSA) is 64.7 Å². The molecule has 0 unspecified atom stereocenters. The van der Waals surface area contributed by atoms with Gasteiger partial charge in [-0.25, -0.2) is 4.39 Å². The smallest absolute Gasteiger partial charge is 0.237 e. The molecule has 0 atom stereocenters. The van der Waals surface area contributed by atoms with Crippen molar-refractivity contribution in [3.63, 3.8) is 0 Å². The summed E-state index contributed by atoms with van der Waals surface area (Å²) < 4.78 is 18.8. The normalized spacial score (nSPS) is 11.0. The Morgan fingerprint density at radius 2 is 1.79 bits per heavy atom. The Morgan fingerprint density at radius 3 is 2.52 bits per heavy atom. The molecule has 8 heteroatoms. The van der Waals surface area contributed by atoms with E-state index in [1.54, 1.807) is 6.07 Å². The minimum atomic E-state index is -0.524. The van der Waals surface area contributed by atoms with Crippen molar-refractivity contribution in [2.75, 3.05) is 0 Å². The molecular formula is C21H16ClFN4OS. The predicted octanol–water partition coefficient (Wildman–Crippen LogP) is 5.90. The second kappa shape index (κ2) is 8.31. The van der Waals surface area contributed by atoms with Crippen molar-refractivity contribution in [1.29, 1.82) is 0 Å². The lowest BCUT2D eigenvalue weighted by Crippen LogP contribution is -1.91. The Balaban J connectivity index is 1.42. The highest BCUT2D eigenvalue weighted by Gasteiger charge is 2.12. The standard InChI is InChI=1S/C21H16ClFN4OS/c1-12-3-4-14(9-13(12)2)18-7-8-20(26-25-18)29-11-19-24-21(27-28-19)15-5-6-16(22)17(23)10-15/h3-10H,11H2,1-2H3. The van der Waals surface area contributed by atoms with E-state index in [1.165, 1.54) is 35.0 Å². The Morgan fingerprint density at radius 1 is 0.966 bits per heavy atom. The highest BCUT2D eigenvalue weighted by atomic mass is 35.5. The maximum atomic E-state index is 13.6. The van der Waals surface area contributed by atoms with Crippen molar-refractivity contribution in [2.45, 2.75) is 24.6 Å². The number of nitrogens with zero attached hydrogens (tertiary/aromatic N) is 4. The zero-order valence-corrected chi connectivity index (χ0v) is 17.3. The molecule has 0 aliphatic carbocycles. The summed E-state index contributed by atoms with van der Waals surface area (Å²) in [6.45, 7) is 4.16. The molecule has 2 aromatic heterocycles. The van der Waals surface area contributed by atoms with Crippen LogP contribution in [-0.2, 0) is 5.75 Å². The first-order chi connectivity index (χ1) is 14.0. The minimum Gasteiger partial charge on any atom is -0.338 e. The van der Waals surface area contributed by atoms with E-state index >= 15 is 0 Å². The summed E-state index contributed by atoms with van der Waals surface area (Å²) in [5.41, 5.74) is 4.82. The molecule has 0 saturated carbocycles. The summed E-state index contributed by atoms with van der Waals surface area (Å²) in [7, 11) is 0. The number of hydrogen-bond donors (Lipinski definition) is 0. The zero-order valence-electron chi connectivity index (χ0n) is 15.7. The molecule has 0 aliphatic rings.